The number of unbranched alkanes of at least 4 members (excludes halogenated alkanes) is 1. The summed E-state index contributed by atoms with van der Waals surface area (Å²) in [7, 11) is 1.72. The van der Waals surface area contributed by atoms with Crippen LogP contribution in [0, 0.1) is 0 Å². The zero-order valence-electron chi connectivity index (χ0n) is 14.8. The fourth-order valence-electron chi connectivity index (χ4n) is 3.22. The largest absolute Gasteiger partial charge is 0.497 e. The lowest BCUT2D eigenvalue weighted by atomic mass is 9.96. The number of fused-ring (bicyclic) bond motifs is 1. The van der Waals surface area contributed by atoms with Crippen molar-refractivity contribution in [3.05, 3.63) is 29.8 Å². The van der Waals surface area contributed by atoms with Crippen molar-refractivity contribution in [1.29, 1.82) is 0 Å². The van der Waals surface area contributed by atoms with E-state index >= 15 is 0 Å². The highest BCUT2D eigenvalue weighted by Crippen LogP contribution is 2.34. The van der Waals surface area contributed by atoms with E-state index in [9.17, 15) is 0 Å². The van der Waals surface area contributed by atoms with E-state index in [1.165, 1.54) is 18.4 Å². The van der Waals surface area contributed by atoms with Crippen molar-refractivity contribution in [3.8, 4) is 5.75 Å². The van der Waals surface area contributed by atoms with Gasteiger partial charge in [-0.1, -0.05) is 33.6 Å². The van der Waals surface area contributed by atoms with Gasteiger partial charge in [0.1, 0.15) is 11.6 Å². The van der Waals surface area contributed by atoms with E-state index in [-0.39, 0.29) is 0 Å². The zero-order chi connectivity index (χ0) is 16.8. The van der Waals surface area contributed by atoms with Gasteiger partial charge in [0.15, 0.2) is 0 Å². The maximum atomic E-state index is 5.95. The van der Waals surface area contributed by atoms with Crippen molar-refractivity contribution >= 4 is 16.7 Å². The third-order valence-corrected chi connectivity index (χ3v) is 4.50. The number of ether oxygens (including phenoxy) is 1. The van der Waals surface area contributed by atoms with Gasteiger partial charge in [-0.2, -0.15) is 0 Å². The second-order valence-electron chi connectivity index (χ2n) is 5.90. The predicted molar refractivity (Wildman–Crippen MR) is 97.9 cm³/mol. The van der Waals surface area contributed by atoms with Gasteiger partial charge < -0.3 is 10.5 Å². The molecule has 2 aromatic rings. The first-order chi connectivity index (χ1) is 11.1. The molecule has 126 valence electrons. The molecule has 0 aliphatic rings. The summed E-state index contributed by atoms with van der Waals surface area (Å²) in [6, 6.07) is 8.39. The van der Waals surface area contributed by atoms with Crippen LogP contribution in [0.1, 0.15) is 51.6 Å². The Morgan fingerprint density at radius 3 is 2.52 bits per heavy atom. The number of pyridine rings is 1. The van der Waals surface area contributed by atoms with Crippen LogP contribution < -0.4 is 10.5 Å². The van der Waals surface area contributed by atoms with Gasteiger partial charge in [0.05, 0.1) is 12.6 Å². The Balaban J connectivity index is 2.61. The van der Waals surface area contributed by atoms with Gasteiger partial charge in [0.25, 0.3) is 0 Å². The van der Waals surface area contributed by atoms with Gasteiger partial charge in [-0.15, -0.1) is 0 Å². The van der Waals surface area contributed by atoms with E-state index in [0.29, 0.717) is 11.9 Å². The maximum Gasteiger partial charge on any atom is 0.124 e. The van der Waals surface area contributed by atoms with Crippen LogP contribution in [0.25, 0.3) is 10.9 Å². The van der Waals surface area contributed by atoms with Gasteiger partial charge in [-0.25, -0.2) is 4.98 Å². The van der Waals surface area contributed by atoms with Crippen molar-refractivity contribution < 1.29 is 4.74 Å². The standard InChI is InChI=1S/C19H29N3O/c1-5-8-9-17(22(6-2)7-3)16-13-15(23-4)12-14-10-11-18(20)21-19(14)16/h10-13,17H,5-9H2,1-4H3,(H2,20,21). The lowest BCUT2D eigenvalue weighted by Gasteiger charge is -2.31. The Labute approximate surface area is 139 Å². The number of hydrogen-bond donors (Lipinski definition) is 1. The van der Waals surface area contributed by atoms with E-state index in [2.05, 4.69) is 36.7 Å². The second-order valence-corrected chi connectivity index (χ2v) is 5.90. The summed E-state index contributed by atoms with van der Waals surface area (Å²) in [4.78, 5) is 7.12. The topological polar surface area (TPSA) is 51.4 Å². The van der Waals surface area contributed by atoms with Crippen LogP contribution >= 0.6 is 0 Å². The van der Waals surface area contributed by atoms with Gasteiger partial charge in [-0.3, -0.25) is 4.90 Å². The minimum Gasteiger partial charge on any atom is -0.497 e. The summed E-state index contributed by atoms with van der Waals surface area (Å²) in [6.45, 7) is 8.70. The molecule has 23 heavy (non-hydrogen) atoms. The lowest BCUT2D eigenvalue weighted by molar-refractivity contribution is 0.205. The number of methoxy groups -OCH3 is 1. The van der Waals surface area contributed by atoms with Crippen LogP contribution in [0.5, 0.6) is 5.75 Å². The number of anilines is 1. The van der Waals surface area contributed by atoms with Crippen molar-refractivity contribution in [3.63, 3.8) is 0 Å². The monoisotopic (exact) mass is 315 g/mol. The minimum atomic E-state index is 0.344. The first-order valence-electron chi connectivity index (χ1n) is 8.62. The minimum absolute atomic E-state index is 0.344. The molecule has 0 amide bonds. The average Bonchev–Trinajstić information content (AvgIpc) is 2.58. The molecular weight excluding hydrogens is 286 g/mol. The molecule has 4 heteroatoms. The molecule has 1 unspecified atom stereocenters. The molecule has 0 spiro atoms. The molecule has 1 aromatic heterocycles. The van der Waals surface area contributed by atoms with E-state index in [1.807, 2.05) is 18.2 Å². The molecule has 1 atom stereocenters. The Bertz CT molecular complexity index is 638. The Hall–Kier alpha value is -1.81. The molecule has 4 nitrogen and oxygen atoms in total. The van der Waals surface area contributed by atoms with E-state index < -0.39 is 0 Å². The molecular formula is C19H29N3O. The summed E-state index contributed by atoms with van der Waals surface area (Å²) >= 11 is 0. The SMILES string of the molecule is CCCCC(c1cc(OC)cc2ccc(N)nc12)N(CC)CC. The highest BCUT2D eigenvalue weighted by atomic mass is 16.5. The quantitative estimate of drug-likeness (QED) is 0.784. The Kier molecular flexibility index (Phi) is 6.22. The van der Waals surface area contributed by atoms with E-state index in [0.717, 1.165) is 36.2 Å². The van der Waals surface area contributed by atoms with Crippen LogP contribution in [0.15, 0.2) is 24.3 Å². The predicted octanol–water partition coefficient (Wildman–Crippen LogP) is 4.40. The summed E-state index contributed by atoms with van der Waals surface area (Å²) in [5.41, 5.74) is 8.17. The van der Waals surface area contributed by atoms with Crippen LogP contribution in [0.4, 0.5) is 5.82 Å². The molecule has 0 aliphatic heterocycles. The van der Waals surface area contributed by atoms with Crippen LogP contribution in [0.2, 0.25) is 0 Å². The number of hydrogen-bond acceptors (Lipinski definition) is 4. The summed E-state index contributed by atoms with van der Waals surface area (Å²) in [6.07, 6.45) is 3.51. The molecule has 0 fully saturated rings. The first-order valence-corrected chi connectivity index (χ1v) is 8.62. The maximum absolute atomic E-state index is 5.95. The zero-order valence-corrected chi connectivity index (χ0v) is 14.8. The number of benzene rings is 1. The highest BCUT2D eigenvalue weighted by molar-refractivity contribution is 5.85. The number of nitrogens with two attached hydrogens (primary N) is 1. The Morgan fingerprint density at radius 1 is 1.17 bits per heavy atom. The molecule has 0 bridgehead atoms. The molecule has 1 heterocycles. The molecule has 0 radical (unpaired) electrons. The number of aromatic nitrogens is 1. The third kappa shape index (κ3) is 3.94. The number of rotatable bonds is 8. The number of nitrogen functional groups attached to an aromatic ring is 1. The molecule has 1 aromatic carbocycles. The van der Waals surface area contributed by atoms with E-state index in [4.69, 9.17) is 10.5 Å². The van der Waals surface area contributed by atoms with E-state index in [1.54, 1.807) is 7.11 Å². The van der Waals surface area contributed by atoms with Crippen molar-refractivity contribution in [2.75, 3.05) is 25.9 Å². The van der Waals surface area contributed by atoms with Crippen LogP contribution in [-0.4, -0.2) is 30.1 Å². The molecule has 0 saturated heterocycles. The smallest absolute Gasteiger partial charge is 0.124 e. The summed E-state index contributed by atoms with van der Waals surface area (Å²) < 4.78 is 5.52. The van der Waals surface area contributed by atoms with Crippen molar-refractivity contribution in [1.82, 2.24) is 9.88 Å². The number of nitrogens with zero attached hydrogens (tertiary/aromatic N) is 2. The van der Waals surface area contributed by atoms with Gasteiger partial charge >= 0.3 is 0 Å². The van der Waals surface area contributed by atoms with Crippen LogP contribution in [0.3, 0.4) is 0 Å². The fraction of sp³-hybridized carbons (Fsp3) is 0.526. The normalized spacial score (nSPS) is 12.7. The lowest BCUT2D eigenvalue weighted by Crippen LogP contribution is -2.28. The van der Waals surface area contributed by atoms with Crippen LogP contribution in [-0.2, 0) is 0 Å². The molecule has 2 rings (SSSR count). The molecule has 2 N–H and O–H groups in total. The highest BCUT2D eigenvalue weighted by Gasteiger charge is 2.21. The summed E-state index contributed by atoms with van der Waals surface area (Å²) in [5, 5.41) is 1.09. The fourth-order valence-corrected chi connectivity index (χ4v) is 3.22. The third-order valence-electron chi connectivity index (χ3n) is 4.50. The second kappa shape index (κ2) is 8.16. The molecule has 0 saturated carbocycles. The van der Waals surface area contributed by atoms with Crippen molar-refractivity contribution in [2.24, 2.45) is 0 Å². The first kappa shape index (κ1) is 17.5. The summed E-state index contributed by atoms with van der Waals surface area (Å²) in [5.74, 6) is 1.45. The average molecular weight is 315 g/mol. The van der Waals surface area contributed by atoms with Gasteiger partial charge in [0, 0.05) is 11.4 Å². The Morgan fingerprint density at radius 2 is 1.91 bits per heavy atom. The van der Waals surface area contributed by atoms with Gasteiger partial charge in [-0.05, 0) is 49.3 Å². The van der Waals surface area contributed by atoms with Crippen molar-refractivity contribution in [2.45, 2.75) is 46.1 Å². The van der Waals surface area contributed by atoms with Gasteiger partial charge in [0.2, 0.25) is 0 Å². The molecule has 0 aliphatic carbocycles.